The molecule has 12 heteroatoms. The van der Waals surface area contributed by atoms with Crippen molar-refractivity contribution in [3.05, 3.63) is 63.2 Å². The lowest BCUT2D eigenvalue weighted by Crippen LogP contribution is -2.17. The van der Waals surface area contributed by atoms with E-state index in [1.54, 1.807) is 42.5 Å². The third-order valence-electron chi connectivity index (χ3n) is 4.63. The van der Waals surface area contributed by atoms with Crippen molar-refractivity contribution >= 4 is 56.0 Å². The number of aromatic nitrogens is 3. The predicted octanol–water partition coefficient (Wildman–Crippen LogP) is 3.03. The number of para-hydroxylation sites is 1. The van der Waals surface area contributed by atoms with Crippen LogP contribution in [0.15, 0.2) is 56.3 Å². The lowest BCUT2D eigenvalue weighted by atomic mass is 10.1. The first-order valence-electron chi connectivity index (χ1n) is 9.49. The lowest BCUT2D eigenvalue weighted by molar-refractivity contribution is -0.142. The molecule has 0 aliphatic carbocycles. The Morgan fingerprint density at radius 1 is 1.09 bits per heavy atom. The number of nitrogens with zero attached hydrogens (tertiary/aromatic N) is 1. The van der Waals surface area contributed by atoms with Crippen molar-refractivity contribution in [2.75, 3.05) is 17.7 Å². The quantitative estimate of drug-likeness (QED) is 0.227. The Hall–Kier alpha value is -4.19. The Morgan fingerprint density at radius 3 is 2.64 bits per heavy atom. The Morgan fingerprint density at radius 2 is 1.91 bits per heavy atom. The van der Waals surface area contributed by atoms with Gasteiger partial charge in [-0.05, 0) is 30.3 Å². The smallest absolute Gasteiger partial charge is 0.439 e. The fourth-order valence-electron chi connectivity index (χ4n) is 3.14. The van der Waals surface area contributed by atoms with Crippen molar-refractivity contribution in [1.82, 2.24) is 15.1 Å². The molecular weight excluding hydrogens is 498 g/mol. The number of methoxy groups -OCH3 is 1. The summed E-state index contributed by atoms with van der Waals surface area (Å²) >= 11 is 3.35. The third kappa shape index (κ3) is 4.85. The third-order valence-corrected chi connectivity index (χ3v) is 5.13. The van der Waals surface area contributed by atoms with Crippen molar-refractivity contribution in [2.24, 2.45) is 0 Å². The van der Waals surface area contributed by atoms with Gasteiger partial charge in [-0.2, -0.15) is 0 Å². The molecule has 0 bridgehead atoms. The second-order valence-electron chi connectivity index (χ2n) is 6.84. The van der Waals surface area contributed by atoms with Crippen molar-refractivity contribution in [1.29, 1.82) is 0 Å². The van der Waals surface area contributed by atoms with E-state index in [2.05, 4.69) is 50.9 Å². The van der Waals surface area contributed by atoms with E-state index < -0.39 is 30.0 Å². The number of nitrogens with one attached hydrogen (secondary N) is 4. The van der Waals surface area contributed by atoms with Gasteiger partial charge in [0.15, 0.2) is 5.82 Å². The number of hydrogen-bond acceptors (Lipinski definition) is 7. The fourth-order valence-corrected chi connectivity index (χ4v) is 3.50. The van der Waals surface area contributed by atoms with E-state index in [1.165, 1.54) is 7.11 Å². The molecule has 0 unspecified atom stereocenters. The van der Waals surface area contributed by atoms with Gasteiger partial charge in [0.25, 0.3) is 5.91 Å². The maximum absolute atomic E-state index is 13.0. The van der Waals surface area contributed by atoms with Crippen LogP contribution >= 0.6 is 15.9 Å². The summed E-state index contributed by atoms with van der Waals surface area (Å²) in [4.78, 5) is 53.1. The van der Waals surface area contributed by atoms with Crippen LogP contribution in [0.25, 0.3) is 22.3 Å². The highest BCUT2D eigenvalue weighted by molar-refractivity contribution is 9.10. The number of aromatic amines is 2. The summed E-state index contributed by atoms with van der Waals surface area (Å²) in [5.41, 5.74) is 1.97. The number of halogens is 1. The molecule has 2 heterocycles. The molecule has 0 aliphatic rings. The zero-order chi connectivity index (χ0) is 23.5. The SMILES string of the molecule is COC(=O)CC(=O)Nc1cccc2cc(C(=O)Nc3ccc(Br)cc3-c3noc(=O)[nH]3)[nH]c12. The molecule has 2 aromatic carbocycles. The Labute approximate surface area is 193 Å². The summed E-state index contributed by atoms with van der Waals surface area (Å²) in [7, 11) is 1.20. The topological polar surface area (TPSA) is 159 Å². The minimum Gasteiger partial charge on any atom is -0.469 e. The van der Waals surface area contributed by atoms with Crippen LogP contribution in [-0.2, 0) is 14.3 Å². The second kappa shape index (κ2) is 9.12. The van der Waals surface area contributed by atoms with Crippen LogP contribution in [0.4, 0.5) is 11.4 Å². The molecule has 0 saturated heterocycles. The van der Waals surface area contributed by atoms with Gasteiger partial charge >= 0.3 is 11.7 Å². The lowest BCUT2D eigenvalue weighted by Gasteiger charge is -2.09. The monoisotopic (exact) mass is 513 g/mol. The Bertz CT molecular complexity index is 1440. The highest BCUT2D eigenvalue weighted by Gasteiger charge is 2.17. The van der Waals surface area contributed by atoms with Crippen LogP contribution in [-0.4, -0.2) is 40.0 Å². The summed E-state index contributed by atoms with van der Waals surface area (Å²) in [6, 6.07) is 11.8. The van der Waals surface area contributed by atoms with E-state index in [9.17, 15) is 19.2 Å². The number of carbonyl (C=O) groups is 3. The van der Waals surface area contributed by atoms with Crippen molar-refractivity contribution in [2.45, 2.75) is 6.42 Å². The van der Waals surface area contributed by atoms with Crippen molar-refractivity contribution in [3.8, 4) is 11.4 Å². The van der Waals surface area contributed by atoms with Gasteiger partial charge in [0.1, 0.15) is 12.1 Å². The van der Waals surface area contributed by atoms with Gasteiger partial charge in [-0.25, -0.2) is 4.79 Å². The number of benzene rings is 2. The maximum Gasteiger partial charge on any atom is 0.439 e. The van der Waals surface area contributed by atoms with E-state index >= 15 is 0 Å². The maximum atomic E-state index is 13.0. The van der Waals surface area contributed by atoms with E-state index in [1.807, 2.05) is 0 Å². The molecule has 33 heavy (non-hydrogen) atoms. The Kier molecular flexibility index (Phi) is 6.09. The Balaban J connectivity index is 1.61. The molecule has 2 amide bonds. The molecule has 0 fully saturated rings. The number of carbonyl (C=O) groups excluding carboxylic acids is 3. The highest BCUT2D eigenvalue weighted by atomic mass is 79.9. The molecule has 11 nitrogen and oxygen atoms in total. The van der Waals surface area contributed by atoms with Gasteiger partial charge < -0.3 is 20.4 Å². The average Bonchev–Trinajstić information content (AvgIpc) is 3.41. The summed E-state index contributed by atoms with van der Waals surface area (Å²) in [5.74, 6) is -2.24. The van der Waals surface area contributed by atoms with Gasteiger partial charge in [0.05, 0.1) is 24.0 Å². The van der Waals surface area contributed by atoms with E-state index in [-0.39, 0.29) is 11.5 Å². The van der Waals surface area contributed by atoms with Crippen molar-refractivity contribution in [3.63, 3.8) is 0 Å². The summed E-state index contributed by atoms with van der Waals surface area (Å²) in [6.45, 7) is 0. The predicted molar refractivity (Wildman–Crippen MR) is 122 cm³/mol. The van der Waals surface area contributed by atoms with Crippen LogP contribution < -0.4 is 16.4 Å². The first-order valence-corrected chi connectivity index (χ1v) is 10.3. The number of H-pyrrole nitrogens is 2. The van der Waals surface area contributed by atoms with Crippen LogP contribution in [0.1, 0.15) is 16.9 Å². The number of fused-ring (bicyclic) bond motifs is 1. The summed E-state index contributed by atoms with van der Waals surface area (Å²) in [6.07, 6.45) is -0.433. The van der Waals surface area contributed by atoms with Crippen molar-refractivity contribution < 1.29 is 23.6 Å². The molecule has 4 rings (SSSR count). The molecule has 4 aromatic rings. The zero-order valence-electron chi connectivity index (χ0n) is 17.0. The molecule has 2 aromatic heterocycles. The molecule has 0 atom stereocenters. The number of ether oxygens (including phenoxy) is 1. The minimum atomic E-state index is -0.723. The van der Waals surface area contributed by atoms with E-state index in [4.69, 9.17) is 0 Å². The molecule has 0 aliphatic heterocycles. The number of rotatable bonds is 6. The average molecular weight is 514 g/mol. The first-order chi connectivity index (χ1) is 15.8. The number of anilines is 2. The highest BCUT2D eigenvalue weighted by Crippen LogP contribution is 2.29. The molecule has 4 N–H and O–H groups in total. The molecule has 0 saturated carbocycles. The molecule has 168 valence electrons. The normalized spacial score (nSPS) is 10.7. The van der Waals surface area contributed by atoms with Crippen LogP contribution in [0.5, 0.6) is 0 Å². The largest absolute Gasteiger partial charge is 0.469 e. The second-order valence-corrected chi connectivity index (χ2v) is 7.76. The molecule has 0 spiro atoms. The van der Waals surface area contributed by atoms with Crippen LogP contribution in [0, 0.1) is 0 Å². The van der Waals surface area contributed by atoms with Gasteiger partial charge in [0.2, 0.25) is 5.91 Å². The van der Waals surface area contributed by atoms with Gasteiger partial charge in [-0.1, -0.05) is 33.2 Å². The fraction of sp³-hybridized carbons (Fsp3) is 0.0952. The minimum absolute atomic E-state index is 0.156. The standard InChI is InChI=1S/C21H16BrN5O6/c1-32-17(29)9-16(28)23-14-4-2-3-10-7-15(24-18(10)14)20(30)25-13-6-5-11(22)8-12(13)19-26-21(31)33-27-19/h2-8,24H,9H2,1H3,(H,23,28)(H,25,30)(H,26,27,31). The zero-order valence-corrected chi connectivity index (χ0v) is 18.6. The van der Waals surface area contributed by atoms with E-state index in [0.29, 0.717) is 32.3 Å². The van der Waals surface area contributed by atoms with E-state index in [0.717, 1.165) is 0 Å². The number of esters is 1. The van der Waals surface area contributed by atoms with Gasteiger partial charge in [0, 0.05) is 15.4 Å². The number of amides is 2. The number of hydrogen-bond donors (Lipinski definition) is 4. The summed E-state index contributed by atoms with van der Waals surface area (Å²) < 4.78 is 9.76. The molecule has 0 radical (unpaired) electrons. The first kappa shape index (κ1) is 22.0. The summed E-state index contributed by atoms with van der Waals surface area (Å²) in [5, 5.41) is 9.75. The van der Waals surface area contributed by atoms with Gasteiger partial charge in [-0.3, -0.25) is 23.9 Å². The van der Waals surface area contributed by atoms with Crippen LogP contribution in [0.3, 0.4) is 0 Å². The van der Waals surface area contributed by atoms with Gasteiger partial charge in [-0.15, -0.1) is 0 Å². The molecular formula is C21H16BrN5O6. The van der Waals surface area contributed by atoms with Crippen LogP contribution in [0.2, 0.25) is 0 Å².